The molecule has 15 heavy (non-hydrogen) atoms. The van der Waals surface area contributed by atoms with E-state index in [2.05, 4.69) is 16.6 Å². The Bertz CT molecular complexity index is 244. The molecule has 0 rings (SSSR count). The van der Waals surface area contributed by atoms with E-state index in [1.807, 2.05) is 6.92 Å². The Hall–Kier alpha value is -1.83. The fraction of sp³-hybridized carbons (Fsp3) is 0.500. The van der Waals surface area contributed by atoms with Crippen LogP contribution in [0.4, 0.5) is 0 Å². The van der Waals surface area contributed by atoms with Gasteiger partial charge < -0.3 is 10.1 Å². The highest BCUT2D eigenvalue weighted by molar-refractivity contribution is 5.80. The zero-order chi connectivity index (χ0) is 12.1. The second-order valence-electron chi connectivity index (χ2n) is 2.41. The van der Waals surface area contributed by atoms with Crippen molar-refractivity contribution in [2.45, 2.75) is 19.8 Å². The maximum Gasteiger partial charge on any atom is 0.329 e. The number of esters is 1. The maximum atomic E-state index is 10.5. The standard InChI is InChI=1S/C6H10N2O.C4H6O2/c1-2-5-8-6(9)3-4-7;1-3-4(5)6-2/h2-3,5H2,1H3,(H,8,9);3H,1H2,2H3. The van der Waals surface area contributed by atoms with Crippen molar-refractivity contribution in [2.75, 3.05) is 13.7 Å². The summed E-state index contributed by atoms with van der Waals surface area (Å²) in [5.74, 6) is -0.575. The first-order valence-corrected chi connectivity index (χ1v) is 4.46. The summed E-state index contributed by atoms with van der Waals surface area (Å²) < 4.78 is 4.14. The van der Waals surface area contributed by atoms with Crippen molar-refractivity contribution in [3.8, 4) is 6.07 Å². The number of hydrogen-bond donors (Lipinski definition) is 1. The quantitative estimate of drug-likeness (QED) is 0.551. The van der Waals surface area contributed by atoms with Crippen LogP contribution in [0.3, 0.4) is 0 Å². The van der Waals surface area contributed by atoms with Gasteiger partial charge in [0.1, 0.15) is 6.42 Å². The van der Waals surface area contributed by atoms with Crippen molar-refractivity contribution >= 4 is 11.9 Å². The van der Waals surface area contributed by atoms with Gasteiger partial charge >= 0.3 is 5.97 Å². The molecule has 0 aromatic heterocycles. The summed E-state index contributed by atoms with van der Waals surface area (Å²) >= 11 is 0. The number of hydrogen-bond acceptors (Lipinski definition) is 4. The molecule has 1 amide bonds. The number of nitrogens with zero attached hydrogens (tertiary/aromatic N) is 1. The summed E-state index contributed by atoms with van der Waals surface area (Å²) in [5.41, 5.74) is 0. The van der Waals surface area contributed by atoms with Crippen molar-refractivity contribution in [3.05, 3.63) is 12.7 Å². The second kappa shape index (κ2) is 12.2. The molecule has 0 heterocycles. The number of nitrogens with one attached hydrogen (secondary N) is 1. The molecule has 1 N–H and O–H groups in total. The minimum Gasteiger partial charge on any atom is -0.466 e. The monoisotopic (exact) mass is 212 g/mol. The van der Waals surface area contributed by atoms with Gasteiger partial charge in [-0.3, -0.25) is 4.79 Å². The number of nitriles is 1. The van der Waals surface area contributed by atoms with E-state index in [4.69, 9.17) is 5.26 Å². The van der Waals surface area contributed by atoms with Crippen LogP contribution in [0.15, 0.2) is 12.7 Å². The molecular formula is C10H16N2O3. The van der Waals surface area contributed by atoms with E-state index in [1.54, 1.807) is 6.07 Å². The van der Waals surface area contributed by atoms with Crippen LogP contribution in [0.5, 0.6) is 0 Å². The molecular weight excluding hydrogens is 196 g/mol. The van der Waals surface area contributed by atoms with E-state index in [0.717, 1.165) is 12.5 Å². The van der Waals surface area contributed by atoms with E-state index in [1.165, 1.54) is 7.11 Å². The SMILES string of the molecule is C=CC(=O)OC.CCCNC(=O)CC#N. The number of ether oxygens (including phenoxy) is 1. The topological polar surface area (TPSA) is 79.2 Å². The Balaban J connectivity index is 0. The van der Waals surface area contributed by atoms with Crippen LogP contribution in [-0.4, -0.2) is 25.5 Å². The van der Waals surface area contributed by atoms with Crippen LogP contribution in [0.2, 0.25) is 0 Å². The van der Waals surface area contributed by atoms with Gasteiger partial charge in [-0.2, -0.15) is 5.26 Å². The Labute approximate surface area is 89.7 Å². The van der Waals surface area contributed by atoms with Crippen molar-refractivity contribution < 1.29 is 14.3 Å². The highest BCUT2D eigenvalue weighted by Crippen LogP contribution is 1.75. The van der Waals surface area contributed by atoms with Crippen LogP contribution >= 0.6 is 0 Å². The van der Waals surface area contributed by atoms with Gasteiger partial charge in [-0.1, -0.05) is 13.5 Å². The lowest BCUT2D eigenvalue weighted by Gasteiger charge is -1.96. The Morgan fingerprint density at radius 3 is 2.47 bits per heavy atom. The third-order valence-electron chi connectivity index (χ3n) is 1.18. The molecule has 0 bridgehead atoms. The Kier molecular flexibility index (Phi) is 12.7. The molecule has 0 saturated carbocycles. The maximum absolute atomic E-state index is 10.5. The molecule has 0 aliphatic carbocycles. The lowest BCUT2D eigenvalue weighted by molar-refractivity contribution is -0.134. The molecule has 0 atom stereocenters. The molecule has 5 nitrogen and oxygen atoms in total. The molecule has 84 valence electrons. The fourth-order valence-electron chi connectivity index (χ4n) is 0.482. The minimum absolute atomic E-state index is 0.0278. The molecule has 0 fully saturated rings. The predicted octanol–water partition coefficient (Wildman–Crippen LogP) is 0.772. The van der Waals surface area contributed by atoms with E-state index >= 15 is 0 Å². The fourth-order valence-corrected chi connectivity index (χ4v) is 0.482. The molecule has 0 aliphatic heterocycles. The average Bonchev–Trinajstić information content (AvgIpc) is 2.26. The van der Waals surface area contributed by atoms with Gasteiger partial charge in [0, 0.05) is 12.6 Å². The van der Waals surface area contributed by atoms with Crippen LogP contribution in [0, 0.1) is 11.3 Å². The molecule has 0 radical (unpaired) electrons. The third-order valence-corrected chi connectivity index (χ3v) is 1.18. The van der Waals surface area contributed by atoms with E-state index < -0.39 is 5.97 Å². The predicted molar refractivity (Wildman–Crippen MR) is 55.7 cm³/mol. The third kappa shape index (κ3) is 15.0. The zero-order valence-corrected chi connectivity index (χ0v) is 9.08. The smallest absolute Gasteiger partial charge is 0.329 e. The number of amides is 1. The summed E-state index contributed by atoms with van der Waals surface area (Å²) in [7, 11) is 1.31. The van der Waals surface area contributed by atoms with Crippen molar-refractivity contribution in [2.24, 2.45) is 0 Å². The van der Waals surface area contributed by atoms with E-state index in [-0.39, 0.29) is 12.3 Å². The van der Waals surface area contributed by atoms with Crippen LogP contribution < -0.4 is 5.32 Å². The molecule has 5 heteroatoms. The number of carbonyl (C=O) groups excluding carboxylic acids is 2. The molecule has 0 aromatic carbocycles. The van der Waals surface area contributed by atoms with Gasteiger partial charge in [0.2, 0.25) is 5.91 Å². The van der Waals surface area contributed by atoms with E-state index in [0.29, 0.717) is 6.54 Å². The largest absolute Gasteiger partial charge is 0.466 e. The highest BCUT2D eigenvalue weighted by atomic mass is 16.5. The molecule has 0 aromatic rings. The first-order chi connectivity index (χ1) is 7.12. The Morgan fingerprint density at radius 1 is 1.60 bits per heavy atom. The van der Waals surface area contributed by atoms with Crippen molar-refractivity contribution in [1.29, 1.82) is 5.26 Å². The first kappa shape index (κ1) is 15.6. The first-order valence-electron chi connectivity index (χ1n) is 4.46. The highest BCUT2D eigenvalue weighted by Gasteiger charge is 1.94. The van der Waals surface area contributed by atoms with Crippen molar-refractivity contribution in [3.63, 3.8) is 0 Å². The van der Waals surface area contributed by atoms with Gasteiger partial charge in [0.15, 0.2) is 0 Å². The summed E-state index contributed by atoms with van der Waals surface area (Å²) in [6.07, 6.45) is 2.00. The normalized spacial score (nSPS) is 7.53. The Morgan fingerprint density at radius 2 is 2.20 bits per heavy atom. The average molecular weight is 212 g/mol. The number of carbonyl (C=O) groups is 2. The molecule has 0 aliphatic rings. The van der Waals surface area contributed by atoms with Gasteiger partial charge in [0.25, 0.3) is 0 Å². The minimum atomic E-state index is -0.394. The number of methoxy groups -OCH3 is 1. The number of rotatable bonds is 4. The molecule has 0 spiro atoms. The molecule has 0 unspecified atom stereocenters. The van der Waals surface area contributed by atoms with Crippen LogP contribution in [0.1, 0.15) is 19.8 Å². The van der Waals surface area contributed by atoms with Crippen LogP contribution in [-0.2, 0) is 14.3 Å². The lowest BCUT2D eigenvalue weighted by atomic mass is 10.4. The van der Waals surface area contributed by atoms with Crippen LogP contribution in [0.25, 0.3) is 0 Å². The molecule has 0 saturated heterocycles. The zero-order valence-electron chi connectivity index (χ0n) is 9.08. The van der Waals surface area contributed by atoms with Crippen molar-refractivity contribution in [1.82, 2.24) is 5.32 Å². The lowest BCUT2D eigenvalue weighted by Crippen LogP contribution is -2.22. The van der Waals surface area contributed by atoms with E-state index in [9.17, 15) is 9.59 Å². The van der Waals surface area contributed by atoms with Gasteiger partial charge in [0.05, 0.1) is 13.2 Å². The van der Waals surface area contributed by atoms with Gasteiger partial charge in [-0.25, -0.2) is 4.79 Å². The summed E-state index contributed by atoms with van der Waals surface area (Å²) in [6, 6.07) is 1.76. The summed E-state index contributed by atoms with van der Waals surface area (Å²) in [4.78, 5) is 20.3. The summed E-state index contributed by atoms with van der Waals surface area (Å²) in [6.45, 7) is 5.79. The van der Waals surface area contributed by atoms with Gasteiger partial charge in [-0.15, -0.1) is 0 Å². The van der Waals surface area contributed by atoms with Gasteiger partial charge in [-0.05, 0) is 6.42 Å². The second-order valence-corrected chi connectivity index (χ2v) is 2.41. The summed E-state index contributed by atoms with van der Waals surface area (Å²) in [5, 5.41) is 10.6.